The quantitative estimate of drug-likeness (QED) is 0.402. The van der Waals surface area contributed by atoms with E-state index in [-0.39, 0.29) is 0 Å². The molecule has 0 spiro atoms. The second-order valence-corrected chi connectivity index (χ2v) is 5.85. The van der Waals surface area contributed by atoms with Crippen molar-refractivity contribution < 1.29 is 4.57 Å². The van der Waals surface area contributed by atoms with Gasteiger partial charge in [-0.15, -0.1) is 23.2 Å². The van der Waals surface area contributed by atoms with E-state index in [1.807, 2.05) is 4.90 Å². The van der Waals surface area contributed by atoms with E-state index >= 15 is 0 Å². The summed E-state index contributed by atoms with van der Waals surface area (Å²) in [6.07, 6.45) is 0. The van der Waals surface area contributed by atoms with Gasteiger partial charge in [-0.3, -0.25) is 15.0 Å². The van der Waals surface area contributed by atoms with Crippen molar-refractivity contribution in [3.63, 3.8) is 0 Å². The van der Waals surface area contributed by atoms with Crippen LogP contribution in [0, 0.1) is 0 Å². The van der Waals surface area contributed by atoms with Crippen LogP contribution in [0.15, 0.2) is 0 Å². The van der Waals surface area contributed by atoms with Crippen LogP contribution in [-0.4, -0.2) is 43.1 Å². The number of halogens is 2. The minimum absolute atomic E-state index is 0.462. The highest BCUT2D eigenvalue weighted by molar-refractivity contribution is 7.58. The maximum Gasteiger partial charge on any atom is 0.206 e. The van der Waals surface area contributed by atoms with E-state index in [1.165, 1.54) is 6.66 Å². The molecule has 0 aliphatic carbocycles. The molecule has 0 aromatic rings. The van der Waals surface area contributed by atoms with Crippen molar-refractivity contribution in [1.82, 2.24) is 9.99 Å². The zero-order valence-electron chi connectivity index (χ0n) is 7.67. The first-order valence-corrected chi connectivity index (χ1v) is 7.24. The Labute approximate surface area is 89.2 Å². The second kappa shape index (κ2) is 7.04. The van der Waals surface area contributed by atoms with E-state index in [4.69, 9.17) is 28.7 Å². The lowest BCUT2D eigenvalue weighted by molar-refractivity contribution is 0.303. The molecular weight excluding hydrogens is 232 g/mol. The summed E-state index contributed by atoms with van der Waals surface area (Å²) in [5.41, 5.74) is 5.33. The first-order valence-electron chi connectivity index (χ1n) is 3.95. The topological polar surface area (TPSA) is 58.4 Å². The van der Waals surface area contributed by atoms with Crippen LogP contribution in [0.4, 0.5) is 0 Å². The molecule has 0 bridgehead atoms. The van der Waals surface area contributed by atoms with Gasteiger partial charge in [0.1, 0.15) is 0 Å². The first kappa shape index (κ1) is 13.7. The number of nitrogens with two attached hydrogens (primary N) is 1. The lowest BCUT2D eigenvalue weighted by Crippen LogP contribution is -2.36. The van der Waals surface area contributed by atoms with Gasteiger partial charge in [-0.1, -0.05) is 0 Å². The van der Waals surface area contributed by atoms with Gasteiger partial charge in [-0.05, 0) is 0 Å². The number of hydrogen-bond donors (Lipinski definition) is 2. The molecule has 0 aliphatic heterocycles. The lowest BCUT2D eigenvalue weighted by Gasteiger charge is -2.21. The van der Waals surface area contributed by atoms with E-state index in [2.05, 4.69) is 5.09 Å². The third-order valence-corrected chi connectivity index (χ3v) is 2.52. The predicted molar refractivity (Wildman–Crippen MR) is 58.7 cm³/mol. The highest BCUT2D eigenvalue weighted by Crippen LogP contribution is 2.22. The van der Waals surface area contributed by atoms with Crippen molar-refractivity contribution >= 4 is 30.6 Å². The van der Waals surface area contributed by atoms with E-state index in [0.29, 0.717) is 31.5 Å². The summed E-state index contributed by atoms with van der Waals surface area (Å²) >= 11 is 11.1. The fourth-order valence-electron chi connectivity index (χ4n) is 0.749. The minimum Gasteiger partial charge on any atom is -0.290 e. The van der Waals surface area contributed by atoms with Gasteiger partial charge in [-0.25, -0.2) is 5.09 Å². The molecule has 1 atom stereocenters. The Kier molecular flexibility index (Phi) is 7.42. The molecular formula is C6H16Cl2N3OP. The Morgan fingerprint density at radius 1 is 1.38 bits per heavy atom. The Balaban J connectivity index is 3.74. The van der Waals surface area contributed by atoms with Crippen molar-refractivity contribution in [2.24, 2.45) is 5.50 Å². The fraction of sp³-hybridized carbons (Fsp3) is 1.00. The molecule has 0 aromatic heterocycles. The van der Waals surface area contributed by atoms with E-state index in [1.54, 1.807) is 0 Å². The van der Waals surface area contributed by atoms with Crippen LogP contribution in [0.3, 0.4) is 0 Å². The zero-order valence-corrected chi connectivity index (χ0v) is 10.1. The van der Waals surface area contributed by atoms with Crippen LogP contribution < -0.4 is 10.6 Å². The molecule has 0 rings (SSSR count). The number of nitrogens with one attached hydrogen (secondary N) is 1. The second-order valence-electron chi connectivity index (χ2n) is 2.80. The zero-order chi connectivity index (χ0) is 10.3. The van der Waals surface area contributed by atoms with Gasteiger partial charge >= 0.3 is 0 Å². The third-order valence-electron chi connectivity index (χ3n) is 1.41. The molecule has 4 nitrogen and oxygen atoms in total. The van der Waals surface area contributed by atoms with Gasteiger partial charge in [-0.2, -0.15) is 0 Å². The lowest BCUT2D eigenvalue weighted by atomic mass is 10.5. The number of rotatable bonds is 7. The largest absolute Gasteiger partial charge is 0.290 e. The highest BCUT2D eigenvalue weighted by atomic mass is 35.5. The van der Waals surface area contributed by atoms with E-state index < -0.39 is 7.44 Å². The monoisotopic (exact) mass is 247 g/mol. The Bertz CT molecular complexity index is 169. The van der Waals surface area contributed by atoms with Crippen LogP contribution in [0.2, 0.25) is 0 Å². The number of nitrogens with zero attached hydrogens (tertiary/aromatic N) is 1. The molecule has 0 saturated carbocycles. The molecule has 0 amide bonds. The first-order chi connectivity index (χ1) is 5.99. The molecule has 0 aromatic carbocycles. The molecule has 0 radical (unpaired) electrons. The van der Waals surface area contributed by atoms with Crippen molar-refractivity contribution in [2.45, 2.75) is 0 Å². The predicted octanol–water partition coefficient (Wildman–Crippen LogP) is 1.09. The van der Waals surface area contributed by atoms with Crippen LogP contribution in [-0.2, 0) is 4.57 Å². The molecule has 1 unspecified atom stereocenters. The Morgan fingerprint density at radius 3 is 2.15 bits per heavy atom. The molecule has 80 valence electrons. The van der Waals surface area contributed by atoms with Crippen LogP contribution >= 0.6 is 30.6 Å². The summed E-state index contributed by atoms with van der Waals surface area (Å²) in [5.74, 6) is 1.05. The molecule has 3 N–H and O–H groups in total. The summed E-state index contributed by atoms with van der Waals surface area (Å²) in [7, 11) is -2.64. The van der Waals surface area contributed by atoms with Gasteiger partial charge in [0.05, 0.1) is 6.67 Å². The molecule has 0 heterocycles. The molecule has 7 heteroatoms. The Morgan fingerprint density at radius 2 is 1.85 bits per heavy atom. The molecule has 13 heavy (non-hydrogen) atoms. The van der Waals surface area contributed by atoms with Crippen LogP contribution in [0.1, 0.15) is 0 Å². The summed E-state index contributed by atoms with van der Waals surface area (Å²) in [4.78, 5) is 1.96. The van der Waals surface area contributed by atoms with Gasteiger partial charge in [0.2, 0.25) is 7.44 Å². The summed E-state index contributed by atoms with van der Waals surface area (Å²) in [5, 5.41) is 2.73. The molecule has 0 aliphatic rings. The SMILES string of the molecule is CP(N)(=O)NCN(CCCl)CCCl. The maximum absolute atomic E-state index is 11.1. The van der Waals surface area contributed by atoms with Gasteiger partial charge < -0.3 is 0 Å². The average molecular weight is 248 g/mol. The van der Waals surface area contributed by atoms with Crippen molar-refractivity contribution in [1.29, 1.82) is 0 Å². The minimum atomic E-state index is -2.64. The van der Waals surface area contributed by atoms with Gasteiger partial charge in [0.15, 0.2) is 0 Å². The maximum atomic E-state index is 11.1. The molecule has 0 saturated heterocycles. The summed E-state index contributed by atoms with van der Waals surface area (Å²) in [6.45, 7) is 3.36. The van der Waals surface area contributed by atoms with Crippen molar-refractivity contribution in [3.8, 4) is 0 Å². The standard InChI is InChI=1S/C6H16Cl2N3OP/c1-13(9,12)10-6-11(4-2-7)5-3-8/h2-6H2,1H3,(H3,9,10,12). The average Bonchev–Trinajstić information content (AvgIpc) is 2.00. The van der Waals surface area contributed by atoms with E-state index in [0.717, 1.165) is 0 Å². The molecule has 0 fully saturated rings. The summed E-state index contributed by atoms with van der Waals surface area (Å²) in [6, 6.07) is 0. The van der Waals surface area contributed by atoms with Gasteiger partial charge in [0, 0.05) is 31.5 Å². The number of hydrogen-bond acceptors (Lipinski definition) is 2. The van der Waals surface area contributed by atoms with E-state index in [9.17, 15) is 4.57 Å². The Hall–Kier alpha value is 0.690. The van der Waals surface area contributed by atoms with Crippen molar-refractivity contribution in [2.75, 3.05) is 38.2 Å². The van der Waals surface area contributed by atoms with Gasteiger partial charge in [0.25, 0.3) is 0 Å². The number of alkyl halides is 2. The smallest absolute Gasteiger partial charge is 0.206 e. The van der Waals surface area contributed by atoms with Crippen LogP contribution in [0.25, 0.3) is 0 Å². The van der Waals surface area contributed by atoms with Crippen molar-refractivity contribution in [3.05, 3.63) is 0 Å². The summed E-state index contributed by atoms with van der Waals surface area (Å²) < 4.78 is 11.1. The third kappa shape index (κ3) is 9.01. The fourth-order valence-corrected chi connectivity index (χ4v) is 1.71. The normalized spacial score (nSPS) is 16.1. The highest BCUT2D eigenvalue weighted by Gasteiger charge is 2.09. The van der Waals surface area contributed by atoms with Crippen LogP contribution in [0.5, 0.6) is 0 Å².